The SMILES string of the molecule is CN1CCN([C@H]2CN(C(=O)Nc3ccc4c(c3)OC(F)(F)O4)C[C@@H]2O)CC1. The molecular formula is C17H22F2N4O4. The fourth-order valence-corrected chi connectivity index (χ4v) is 3.68. The Hall–Kier alpha value is -2.17. The Morgan fingerprint density at radius 2 is 1.89 bits per heavy atom. The van der Waals surface area contributed by atoms with Gasteiger partial charge in [0.2, 0.25) is 0 Å². The summed E-state index contributed by atoms with van der Waals surface area (Å²) in [6.45, 7) is 4.20. The summed E-state index contributed by atoms with van der Waals surface area (Å²) >= 11 is 0. The van der Waals surface area contributed by atoms with Gasteiger partial charge in [-0.25, -0.2) is 4.79 Å². The molecule has 0 bridgehead atoms. The number of amides is 2. The number of anilines is 1. The van der Waals surface area contributed by atoms with Crippen LogP contribution in [0.4, 0.5) is 19.3 Å². The number of hydrogen-bond donors (Lipinski definition) is 2. The number of fused-ring (bicyclic) bond motifs is 1. The largest absolute Gasteiger partial charge is 0.586 e. The third-order valence-corrected chi connectivity index (χ3v) is 5.21. The molecule has 2 saturated heterocycles. The maximum absolute atomic E-state index is 13.1. The highest BCUT2D eigenvalue weighted by molar-refractivity contribution is 5.90. The number of likely N-dealkylation sites (N-methyl/N-ethyl adjacent to an activating group) is 1. The molecule has 3 heterocycles. The van der Waals surface area contributed by atoms with E-state index in [0.29, 0.717) is 12.2 Å². The van der Waals surface area contributed by atoms with Crippen molar-refractivity contribution in [2.75, 3.05) is 51.6 Å². The van der Waals surface area contributed by atoms with Gasteiger partial charge < -0.3 is 29.7 Å². The first-order chi connectivity index (χ1) is 12.8. The van der Waals surface area contributed by atoms with Gasteiger partial charge in [-0.2, -0.15) is 0 Å². The van der Waals surface area contributed by atoms with Crippen molar-refractivity contribution in [3.05, 3.63) is 18.2 Å². The van der Waals surface area contributed by atoms with E-state index in [-0.39, 0.29) is 24.1 Å². The molecule has 10 heteroatoms. The van der Waals surface area contributed by atoms with Crippen LogP contribution in [0.15, 0.2) is 18.2 Å². The van der Waals surface area contributed by atoms with E-state index in [4.69, 9.17) is 0 Å². The molecule has 148 valence electrons. The Balaban J connectivity index is 1.37. The molecule has 2 N–H and O–H groups in total. The molecule has 2 fully saturated rings. The summed E-state index contributed by atoms with van der Waals surface area (Å²) in [7, 11) is 2.06. The van der Waals surface area contributed by atoms with Crippen LogP contribution in [0.3, 0.4) is 0 Å². The predicted octanol–water partition coefficient (Wildman–Crippen LogP) is 0.833. The van der Waals surface area contributed by atoms with Gasteiger partial charge in [0.25, 0.3) is 0 Å². The molecular weight excluding hydrogens is 362 g/mol. The van der Waals surface area contributed by atoms with E-state index in [9.17, 15) is 18.7 Å². The summed E-state index contributed by atoms with van der Waals surface area (Å²) in [6.07, 6.45) is -4.31. The molecule has 1 aromatic rings. The number of likely N-dealkylation sites (tertiary alicyclic amines) is 1. The molecule has 1 aromatic carbocycles. The highest BCUT2D eigenvalue weighted by Gasteiger charge is 2.43. The van der Waals surface area contributed by atoms with Crippen molar-refractivity contribution in [2.24, 2.45) is 0 Å². The van der Waals surface area contributed by atoms with E-state index in [0.717, 1.165) is 26.2 Å². The molecule has 0 aliphatic carbocycles. The zero-order chi connectivity index (χ0) is 19.2. The number of urea groups is 1. The van der Waals surface area contributed by atoms with Crippen LogP contribution in [-0.4, -0.2) is 90.6 Å². The zero-order valence-corrected chi connectivity index (χ0v) is 14.9. The average molecular weight is 384 g/mol. The van der Waals surface area contributed by atoms with Gasteiger partial charge in [-0.15, -0.1) is 8.78 Å². The number of nitrogens with zero attached hydrogens (tertiary/aromatic N) is 3. The molecule has 27 heavy (non-hydrogen) atoms. The number of β-amino-alcohol motifs (C(OH)–C–C–N with tert-alkyl or cyclic N) is 1. The Labute approximate surface area is 155 Å². The van der Waals surface area contributed by atoms with Crippen molar-refractivity contribution in [2.45, 2.75) is 18.4 Å². The third-order valence-electron chi connectivity index (χ3n) is 5.21. The number of ether oxygens (including phenoxy) is 2. The van der Waals surface area contributed by atoms with Gasteiger partial charge in [-0.05, 0) is 19.2 Å². The number of nitrogens with one attached hydrogen (secondary N) is 1. The number of aliphatic hydroxyl groups is 1. The Bertz CT molecular complexity index is 727. The fourth-order valence-electron chi connectivity index (χ4n) is 3.68. The second-order valence-corrected chi connectivity index (χ2v) is 7.14. The quantitative estimate of drug-likeness (QED) is 0.787. The van der Waals surface area contributed by atoms with Gasteiger partial charge >= 0.3 is 12.3 Å². The van der Waals surface area contributed by atoms with Crippen LogP contribution in [0.25, 0.3) is 0 Å². The summed E-state index contributed by atoms with van der Waals surface area (Å²) in [6, 6.07) is 3.58. The van der Waals surface area contributed by atoms with E-state index in [2.05, 4.69) is 31.6 Å². The lowest BCUT2D eigenvalue weighted by molar-refractivity contribution is -0.286. The predicted molar refractivity (Wildman–Crippen MR) is 92.1 cm³/mol. The van der Waals surface area contributed by atoms with Gasteiger partial charge in [-0.1, -0.05) is 0 Å². The minimum atomic E-state index is -3.69. The monoisotopic (exact) mass is 384 g/mol. The highest BCUT2D eigenvalue weighted by atomic mass is 19.3. The van der Waals surface area contributed by atoms with Gasteiger partial charge in [0, 0.05) is 44.5 Å². The topological polar surface area (TPSA) is 77.5 Å². The van der Waals surface area contributed by atoms with Crippen LogP contribution in [0, 0.1) is 0 Å². The number of hydrogen-bond acceptors (Lipinski definition) is 6. The molecule has 4 rings (SSSR count). The lowest BCUT2D eigenvalue weighted by atomic mass is 10.1. The molecule has 0 unspecified atom stereocenters. The number of carbonyl (C=O) groups excluding carboxylic acids is 1. The number of rotatable bonds is 2. The zero-order valence-electron chi connectivity index (χ0n) is 14.9. The van der Waals surface area contributed by atoms with Crippen molar-refractivity contribution in [1.29, 1.82) is 0 Å². The molecule has 0 aromatic heterocycles. The van der Waals surface area contributed by atoms with Crippen molar-refractivity contribution in [3.63, 3.8) is 0 Å². The second-order valence-electron chi connectivity index (χ2n) is 7.14. The first kappa shape index (κ1) is 18.2. The molecule has 8 nitrogen and oxygen atoms in total. The minimum Gasteiger partial charge on any atom is -0.395 e. The summed E-state index contributed by atoms with van der Waals surface area (Å²) in [4.78, 5) is 18.5. The highest BCUT2D eigenvalue weighted by Crippen LogP contribution is 2.42. The average Bonchev–Trinajstić information content (AvgIpc) is 3.13. The van der Waals surface area contributed by atoms with E-state index < -0.39 is 18.4 Å². The van der Waals surface area contributed by atoms with Gasteiger partial charge in [0.15, 0.2) is 11.5 Å². The number of aliphatic hydroxyl groups excluding tert-OH is 1. The number of piperazine rings is 1. The summed E-state index contributed by atoms with van der Waals surface area (Å²) in [5, 5.41) is 13.0. The third kappa shape index (κ3) is 3.78. The van der Waals surface area contributed by atoms with Crippen LogP contribution in [-0.2, 0) is 0 Å². The second kappa shape index (κ2) is 6.77. The van der Waals surface area contributed by atoms with Crippen LogP contribution in [0.5, 0.6) is 11.5 Å². The van der Waals surface area contributed by atoms with Crippen LogP contribution >= 0.6 is 0 Å². The maximum atomic E-state index is 13.1. The Morgan fingerprint density at radius 3 is 2.63 bits per heavy atom. The molecule has 3 aliphatic rings. The first-order valence-corrected chi connectivity index (χ1v) is 8.87. The minimum absolute atomic E-state index is 0.0790. The van der Waals surface area contributed by atoms with Crippen molar-refractivity contribution in [1.82, 2.24) is 14.7 Å². The number of alkyl halides is 2. The number of halogens is 2. The molecule has 0 saturated carbocycles. The van der Waals surface area contributed by atoms with Crippen molar-refractivity contribution >= 4 is 11.7 Å². The van der Waals surface area contributed by atoms with Gasteiger partial charge in [0.1, 0.15) is 0 Å². The van der Waals surface area contributed by atoms with Crippen LogP contribution in [0.1, 0.15) is 0 Å². The van der Waals surface area contributed by atoms with E-state index >= 15 is 0 Å². The van der Waals surface area contributed by atoms with Crippen LogP contribution in [0.2, 0.25) is 0 Å². The summed E-state index contributed by atoms with van der Waals surface area (Å²) in [5.74, 6) is -0.209. The number of carbonyl (C=O) groups is 1. The molecule has 0 spiro atoms. The Kier molecular flexibility index (Phi) is 4.57. The van der Waals surface area contributed by atoms with Gasteiger partial charge in [0.05, 0.1) is 18.7 Å². The molecule has 3 aliphatic heterocycles. The van der Waals surface area contributed by atoms with E-state index in [1.54, 1.807) is 0 Å². The summed E-state index contributed by atoms with van der Waals surface area (Å²) in [5.41, 5.74) is 0.317. The maximum Gasteiger partial charge on any atom is 0.586 e. The first-order valence-electron chi connectivity index (χ1n) is 8.87. The summed E-state index contributed by atoms with van der Waals surface area (Å²) < 4.78 is 34.9. The van der Waals surface area contributed by atoms with Crippen molar-refractivity contribution in [3.8, 4) is 11.5 Å². The number of benzene rings is 1. The normalized spacial score (nSPS) is 27.8. The van der Waals surface area contributed by atoms with Gasteiger partial charge in [-0.3, -0.25) is 4.90 Å². The van der Waals surface area contributed by atoms with E-state index in [1.165, 1.54) is 23.1 Å². The smallest absolute Gasteiger partial charge is 0.395 e. The molecule has 0 radical (unpaired) electrons. The lowest BCUT2D eigenvalue weighted by Crippen LogP contribution is -2.52. The molecule has 2 amide bonds. The van der Waals surface area contributed by atoms with Crippen LogP contribution < -0.4 is 14.8 Å². The van der Waals surface area contributed by atoms with E-state index in [1.807, 2.05) is 0 Å². The fraction of sp³-hybridized carbons (Fsp3) is 0.588. The standard InChI is InChI=1S/C17H22F2N4O4/c1-21-4-6-22(7-5-21)12-9-23(10-13(12)24)16(25)20-11-2-3-14-15(8-11)27-17(18,19)26-14/h2-3,8,12-13,24H,4-7,9-10H2,1H3,(H,20,25)/t12-,13-/m0/s1. The molecule has 2 atom stereocenters. The Morgan fingerprint density at radius 1 is 1.19 bits per heavy atom. The van der Waals surface area contributed by atoms with Crippen molar-refractivity contribution < 1.29 is 28.2 Å². The lowest BCUT2D eigenvalue weighted by Gasteiger charge is -2.37.